The minimum atomic E-state index is -2.16. The molecule has 0 bridgehead atoms. The van der Waals surface area contributed by atoms with Crippen LogP contribution in [0.2, 0.25) is 0 Å². The largest absolute Gasteiger partial charge is 0.530 e. The molecule has 2 unspecified atom stereocenters. The molecule has 0 spiro atoms. The Morgan fingerprint density at radius 3 is 1.62 bits per heavy atom. The molecular weight excluding hydrogens is 726 g/mol. The summed E-state index contributed by atoms with van der Waals surface area (Å²) in [6, 6.07) is 33.9. The average Bonchev–Trinajstić information content (AvgIpc) is 3.14. The topological polar surface area (TPSA) is 80.3 Å². The maximum Gasteiger partial charge on any atom is 0.530 e. The standard InChI is InChI=1S/C46H52O7P2/c1-11-54(49-38-26-16-13-23-35(38)45(5,6)7)50-41-29-19-21-33(30-47)43(41)44(48)42-32(4)20-18-28-40(42)53-55(51-37-25-15-12-22-34(37)31(2)3)52-39-27-17-14-24-36(39)46(8,9)10/h12-31H,11H2,1-10H3. The van der Waals surface area contributed by atoms with E-state index in [0.717, 1.165) is 22.4 Å². The summed E-state index contributed by atoms with van der Waals surface area (Å²) in [5.74, 6) is 2.21. The molecule has 0 fully saturated rings. The number of carbonyl (C=O) groups is 2. The van der Waals surface area contributed by atoms with E-state index in [-0.39, 0.29) is 44.9 Å². The maximum atomic E-state index is 14.9. The van der Waals surface area contributed by atoms with E-state index < -0.39 is 22.8 Å². The zero-order chi connectivity index (χ0) is 39.9. The van der Waals surface area contributed by atoms with Crippen LogP contribution >= 0.6 is 17.0 Å². The van der Waals surface area contributed by atoms with Gasteiger partial charge in [0.2, 0.25) is 5.78 Å². The Hall–Kier alpha value is -4.70. The van der Waals surface area contributed by atoms with E-state index in [9.17, 15) is 9.59 Å². The van der Waals surface area contributed by atoms with Crippen molar-refractivity contribution in [3.05, 3.63) is 148 Å². The first-order valence-electron chi connectivity index (χ1n) is 18.6. The summed E-state index contributed by atoms with van der Waals surface area (Å²) < 4.78 is 32.9. The molecule has 0 aliphatic rings. The molecule has 9 heteroatoms. The molecule has 55 heavy (non-hydrogen) atoms. The van der Waals surface area contributed by atoms with Gasteiger partial charge in [-0.15, -0.1) is 0 Å². The highest BCUT2D eigenvalue weighted by molar-refractivity contribution is 7.48. The SMILES string of the molecule is CCP(Oc1ccccc1C(C)(C)C)Oc1cccc(C=O)c1C(=O)c1c(C)cccc1OP(Oc1ccccc1C(C)C)Oc1ccccc1C(C)(C)C. The Kier molecular flexibility index (Phi) is 13.4. The zero-order valence-corrected chi connectivity index (χ0v) is 35.3. The molecule has 0 radical (unpaired) electrons. The molecule has 0 saturated carbocycles. The first-order chi connectivity index (χ1) is 26.1. The molecule has 7 nitrogen and oxygen atoms in total. The van der Waals surface area contributed by atoms with E-state index in [2.05, 4.69) is 55.4 Å². The zero-order valence-electron chi connectivity index (χ0n) is 33.5. The molecule has 5 aromatic rings. The molecular formula is C46H52O7P2. The number of para-hydroxylation sites is 3. The van der Waals surface area contributed by atoms with Crippen LogP contribution in [0.4, 0.5) is 0 Å². The lowest BCUT2D eigenvalue weighted by atomic mass is 9.86. The number of carbonyl (C=O) groups excluding carboxylic acids is 2. The van der Waals surface area contributed by atoms with Gasteiger partial charge in [-0.1, -0.05) is 141 Å². The van der Waals surface area contributed by atoms with Gasteiger partial charge in [-0.25, -0.2) is 0 Å². The van der Waals surface area contributed by atoms with E-state index >= 15 is 0 Å². The third kappa shape index (κ3) is 10.1. The fraction of sp³-hybridized carbons (Fsp3) is 0.304. The smallest absolute Gasteiger partial charge is 0.438 e. The maximum absolute atomic E-state index is 14.9. The minimum absolute atomic E-state index is 0.125. The summed E-state index contributed by atoms with van der Waals surface area (Å²) >= 11 is 0. The predicted octanol–water partition coefficient (Wildman–Crippen LogP) is 13.3. The minimum Gasteiger partial charge on any atom is -0.438 e. The van der Waals surface area contributed by atoms with E-state index in [0.29, 0.717) is 29.5 Å². The lowest BCUT2D eigenvalue weighted by molar-refractivity contribution is 0.102. The van der Waals surface area contributed by atoms with Gasteiger partial charge in [0.1, 0.15) is 28.7 Å². The van der Waals surface area contributed by atoms with Crippen LogP contribution in [0.15, 0.2) is 109 Å². The number of aldehydes is 1. The third-order valence-corrected chi connectivity index (χ3v) is 11.3. The fourth-order valence-electron chi connectivity index (χ4n) is 6.13. The summed E-state index contributed by atoms with van der Waals surface area (Å²) in [5.41, 5.74) is 3.85. The third-order valence-electron chi connectivity index (χ3n) is 8.98. The van der Waals surface area contributed by atoms with Gasteiger partial charge in [-0.3, -0.25) is 9.59 Å². The molecule has 0 aliphatic carbocycles. The Balaban J connectivity index is 1.56. The average molecular weight is 779 g/mol. The van der Waals surface area contributed by atoms with Gasteiger partial charge in [0.05, 0.1) is 11.1 Å². The van der Waals surface area contributed by atoms with E-state index in [1.807, 2.05) is 98.8 Å². The van der Waals surface area contributed by atoms with Crippen molar-refractivity contribution in [3.63, 3.8) is 0 Å². The van der Waals surface area contributed by atoms with Gasteiger partial charge in [0.15, 0.2) is 6.29 Å². The van der Waals surface area contributed by atoms with Gasteiger partial charge < -0.3 is 22.6 Å². The highest BCUT2D eigenvalue weighted by Crippen LogP contribution is 2.49. The van der Waals surface area contributed by atoms with E-state index in [4.69, 9.17) is 22.6 Å². The van der Waals surface area contributed by atoms with Gasteiger partial charge in [-0.2, -0.15) is 0 Å². The van der Waals surface area contributed by atoms with E-state index in [1.165, 1.54) is 0 Å². The molecule has 0 N–H and O–H groups in total. The lowest BCUT2D eigenvalue weighted by Crippen LogP contribution is -2.15. The molecule has 288 valence electrons. The molecule has 5 rings (SSSR count). The number of rotatable bonds is 15. The monoisotopic (exact) mass is 778 g/mol. The van der Waals surface area contributed by atoms with Crippen LogP contribution in [-0.4, -0.2) is 18.2 Å². The summed E-state index contributed by atoms with van der Waals surface area (Å²) in [6.07, 6.45) is 1.21. The number of ketones is 1. The fourth-order valence-corrected chi connectivity index (χ4v) is 8.25. The summed E-state index contributed by atoms with van der Waals surface area (Å²) in [6.45, 7) is 20.8. The number of hydrogen-bond acceptors (Lipinski definition) is 7. The van der Waals surface area contributed by atoms with Crippen molar-refractivity contribution in [1.82, 2.24) is 0 Å². The molecule has 5 aromatic carbocycles. The second-order valence-electron chi connectivity index (χ2n) is 15.6. The van der Waals surface area contributed by atoms with Crippen molar-refractivity contribution in [1.29, 1.82) is 0 Å². The van der Waals surface area contributed by atoms with Crippen LogP contribution in [0.3, 0.4) is 0 Å². The molecule has 0 heterocycles. The Morgan fingerprint density at radius 1 is 0.600 bits per heavy atom. The predicted molar refractivity (Wildman–Crippen MR) is 225 cm³/mol. The van der Waals surface area contributed by atoms with Gasteiger partial charge in [0, 0.05) is 17.3 Å². The van der Waals surface area contributed by atoms with Crippen LogP contribution in [0.25, 0.3) is 0 Å². The van der Waals surface area contributed by atoms with Crippen molar-refractivity contribution in [2.75, 3.05) is 6.16 Å². The summed E-state index contributed by atoms with van der Waals surface area (Å²) in [5, 5.41) is 0. The van der Waals surface area contributed by atoms with Crippen molar-refractivity contribution in [3.8, 4) is 28.7 Å². The molecule has 0 amide bonds. The normalized spacial score (nSPS) is 12.8. The Morgan fingerprint density at radius 2 is 1.05 bits per heavy atom. The first kappa shape index (κ1) is 41.5. The molecule has 0 aromatic heterocycles. The van der Waals surface area contributed by atoms with Crippen LogP contribution < -0.4 is 22.6 Å². The number of benzene rings is 5. The van der Waals surface area contributed by atoms with Crippen molar-refractivity contribution in [2.45, 2.75) is 86.0 Å². The number of hydrogen-bond donors (Lipinski definition) is 0. The van der Waals surface area contributed by atoms with Crippen LogP contribution in [-0.2, 0) is 10.8 Å². The highest BCUT2D eigenvalue weighted by atomic mass is 31.2. The Bertz CT molecular complexity index is 2110. The van der Waals surface area contributed by atoms with Gasteiger partial charge in [0.25, 0.3) is 8.38 Å². The number of aryl methyl sites for hydroxylation is 1. The Labute approximate surface area is 329 Å². The van der Waals surface area contributed by atoms with Crippen molar-refractivity contribution in [2.24, 2.45) is 0 Å². The summed E-state index contributed by atoms with van der Waals surface area (Å²) in [7, 11) is -3.71. The van der Waals surface area contributed by atoms with Crippen molar-refractivity contribution < 1.29 is 32.2 Å². The van der Waals surface area contributed by atoms with Crippen molar-refractivity contribution >= 4 is 29.0 Å². The van der Waals surface area contributed by atoms with Gasteiger partial charge in [-0.05, 0) is 70.7 Å². The van der Waals surface area contributed by atoms with Crippen LogP contribution in [0, 0.1) is 6.92 Å². The lowest BCUT2D eigenvalue weighted by Gasteiger charge is -2.26. The highest BCUT2D eigenvalue weighted by Gasteiger charge is 2.31. The second-order valence-corrected chi connectivity index (χ2v) is 18.3. The summed E-state index contributed by atoms with van der Waals surface area (Å²) in [4.78, 5) is 27.5. The first-order valence-corrected chi connectivity index (χ1v) is 21.1. The van der Waals surface area contributed by atoms with Crippen LogP contribution in [0.5, 0.6) is 28.7 Å². The molecule has 0 saturated heterocycles. The quantitative estimate of drug-likeness (QED) is 0.0595. The second kappa shape index (κ2) is 17.8. The molecule has 0 aliphatic heterocycles. The van der Waals surface area contributed by atoms with Gasteiger partial charge >= 0.3 is 8.60 Å². The van der Waals surface area contributed by atoms with E-state index in [1.54, 1.807) is 24.3 Å². The molecule has 2 atom stereocenters. The van der Waals surface area contributed by atoms with Crippen LogP contribution in [0.1, 0.15) is 117 Å².